The molecule has 80 valence electrons. The standard InChI is InChI=1S/C11H14N2O2/c1-3-11(2)10(14)13-8-5-4-7(12)6-9(8)15-11/h4-6H,3,12H2,1-2H3,(H,13,14). The second kappa shape index (κ2) is 3.15. The molecule has 2 rings (SSSR count). The van der Waals surface area contributed by atoms with E-state index in [9.17, 15) is 4.79 Å². The number of anilines is 2. The van der Waals surface area contributed by atoms with Crippen LogP contribution in [0, 0.1) is 0 Å². The molecule has 15 heavy (non-hydrogen) atoms. The highest BCUT2D eigenvalue weighted by molar-refractivity contribution is 6.00. The van der Waals surface area contributed by atoms with Crippen LogP contribution >= 0.6 is 0 Å². The molecule has 1 amide bonds. The molecule has 3 N–H and O–H groups in total. The molecule has 1 aromatic carbocycles. The van der Waals surface area contributed by atoms with Crippen LogP contribution in [0.5, 0.6) is 5.75 Å². The Morgan fingerprint density at radius 3 is 2.93 bits per heavy atom. The van der Waals surface area contributed by atoms with Crippen molar-refractivity contribution in [2.75, 3.05) is 11.1 Å². The molecule has 1 unspecified atom stereocenters. The van der Waals surface area contributed by atoms with Crippen LogP contribution in [0.2, 0.25) is 0 Å². The third kappa shape index (κ3) is 1.52. The first-order valence-corrected chi connectivity index (χ1v) is 4.95. The van der Waals surface area contributed by atoms with Crippen LogP contribution in [0.1, 0.15) is 20.3 Å². The molecule has 0 aliphatic carbocycles. The van der Waals surface area contributed by atoms with Gasteiger partial charge in [-0.3, -0.25) is 4.79 Å². The minimum Gasteiger partial charge on any atom is -0.475 e. The zero-order chi connectivity index (χ0) is 11.1. The van der Waals surface area contributed by atoms with Gasteiger partial charge >= 0.3 is 0 Å². The lowest BCUT2D eigenvalue weighted by molar-refractivity contribution is -0.131. The lowest BCUT2D eigenvalue weighted by atomic mass is 10.00. The SMILES string of the molecule is CCC1(C)Oc2cc(N)ccc2NC1=O. The molecule has 4 nitrogen and oxygen atoms in total. The van der Waals surface area contributed by atoms with Crippen molar-refractivity contribution in [1.29, 1.82) is 0 Å². The smallest absolute Gasteiger partial charge is 0.268 e. The summed E-state index contributed by atoms with van der Waals surface area (Å²) < 4.78 is 5.67. The van der Waals surface area contributed by atoms with E-state index in [0.29, 0.717) is 23.5 Å². The Morgan fingerprint density at radius 1 is 1.53 bits per heavy atom. The Hall–Kier alpha value is -1.71. The van der Waals surface area contributed by atoms with Crippen LogP contribution in [0.4, 0.5) is 11.4 Å². The van der Waals surface area contributed by atoms with E-state index in [1.54, 1.807) is 25.1 Å². The number of amides is 1. The van der Waals surface area contributed by atoms with Crippen LogP contribution < -0.4 is 15.8 Å². The van der Waals surface area contributed by atoms with Gasteiger partial charge in [0, 0.05) is 11.8 Å². The van der Waals surface area contributed by atoms with Gasteiger partial charge in [0.2, 0.25) is 0 Å². The van der Waals surface area contributed by atoms with Gasteiger partial charge < -0.3 is 15.8 Å². The van der Waals surface area contributed by atoms with Gasteiger partial charge in [0.15, 0.2) is 5.60 Å². The summed E-state index contributed by atoms with van der Waals surface area (Å²) in [6.45, 7) is 3.69. The highest BCUT2D eigenvalue weighted by Gasteiger charge is 2.38. The maximum Gasteiger partial charge on any atom is 0.268 e. The number of rotatable bonds is 1. The molecule has 1 heterocycles. The van der Waals surface area contributed by atoms with Gasteiger partial charge in [-0.05, 0) is 25.5 Å². The Balaban J connectivity index is 2.43. The summed E-state index contributed by atoms with van der Waals surface area (Å²) in [6, 6.07) is 5.21. The van der Waals surface area contributed by atoms with Gasteiger partial charge in [0.25, 0.3) is 5.91 Å². The molecule has 4 heteroatoms. The third-order valence-corrected chi connectivity index (χ3v) is 2.74. The highest BCUT2D eigenvalue weighted by Crippen LogP contribution is 2.36. The first-order valence-electron chi connectivity index (χ1n) is 4.95. The monoisotopic (exact) mass is 206 g/mol. The van der Waals surface area contributed by atoms with E-state index in [0.717, 1.165) is 0 Å². The van der Waals surface area contributed by atoms with E-state index >= 15 is 0 Å². The maximum absolute atomic E-state index is 11.7. The topological polar surface area (TPSA) is 64.3 Å². The second-order valence-corrected chi connectivity index (χ2v) is 3.90. The molecule has 0 saturated carbocycles. The second-order valence-electron chi connectivity index (χ2n) is 3.90. The van der Waals surface area contributed by atoms with Crippen molar-refractivity contribution in [2.24, 2.45) is 0 Å². The highest BCUT2D eigenvalue weighted by atomic mass is 16.5. The minimum atomic E-state index is -0.791. The third-order valence-electron chi connectivity index (χ3n) is 2.74. The lowest BCUT2D eigenvalue weighted by Crippen LogP contribution is -2.47. The number of nitrogens with one attached hydrogen (secondary N) is 1. The number of hydrogen-bond acceptors (Lipinski definition) is 3. The molecule has 0 aromatic heterocycles. The van der Waals surface area contributed by atoms with Gasteiger partial charge in [0.1, 0.15) is 5.75 Å². The summed E-state index contributed by atoms with van der Waals surface area (Å²) in [4.78, 5) is 11.7. The van der Waals surface area contributed by atoms with Crippen molar-refractivity contribution in [3.8, 4) is 5.75 Å². The van der Waals surface area contributed by atoms with Crippen molar-refractivity contribution < 1.29 is 9.53 Å². The van der Waals surface area contributed by atoms with Crippen molar-refractivity contribution in [3.05, 3.63) is 18.2 Å². The summed E-state index contributed by atoms with van der Waals surface area (Å²) in [6.07, 6.45) is 0.618. The first kappa shape index (κ1) is 9.83. The average molecular weight is 206 g/mol. The fourth-order valence-corrected chi connectivity index (χ4v) is 1.50. The van der Waals surface area contributed by atoms with Crippen LogP contribution in [-0.4, -0.2) is 11.5 Å². The lowest BCUT2D eigenvalue weighted by Gasteiger charge is -2.33. The van der Waals surface area contributed by atoms with Crippen LogP contribution in [0.15, 0.2) is 18.2 Å². The first-order chi connectivity index (χ1) is 7.05. The van der Waals surface area contributed by atoms with Crippen LogP contribution in [-0.2, 0) is 4.79 Å². The number of fused-ring (bicyclic) bond motifs is 1. The largest absolute Gasteiger partial charge is 0.475 e. The Morgan fingerprint density at radius 2 is 2.27 bits per heavy atom. The Bertz CT molecular complexity index is 417. The van der Waals surface area contributed by atoms with Crippen molar-refractivity contribution in [3.63, 3.8) is 0 Å². The maximum atomic E-state index is 11.7. The van der Waals surface area contributed by atoms with E-state index < -0.39 is 5.60 Å². The zero-order valence-corrected chi connectivity index (χ0v) is 8.83. The summed E-state index contributed by atoms with van der Waals surface area (Å²) >= 11 is 0. The Kier molecular flexibility index (Phi) is 2.07. The normalized spacial score (nSPS) is 24.0. The number of carbonyl (C=O) groups is 1. The number of nitrogen functional groups attached to an aromatic ring is 1. The zero-order valence-electron chi connectivity index (χ0n) is 8.83. The van der Waals surface area contributed by atoms with Crippen molar-refractivity contribution >= 4 is 17.3 Å². The molecule has 0 spiro atoms. The van der Waals surface area contributed by atoms with Gasteiger partial charge in [-0.15, -0.1) is 0 Å². The van der Waals surface area contributed by atoms with Gasteiger partial charge in [-0.2, -0.15) is 0 Å². The average Bonchev–Trinajstić information content (AvgIpc) is 2.20. The van der Waals surface area contributed by atoms with Gasteiger partial charge in [0.05, 0.1) is 5.69 Å². The number of carbonyl (C=O) groups excluding carboxylic acids is 1. The number of nitrogens with two attached hydrogens (primary N) is 1. The van der Waals surface area contributed by atoms with E-state index in [2.05, 4.69) is 5.32 Å². The fraction of sp³-hybridized carbons (Fsp3) is 0.364. The van der Waals surface area contributed by atoms with Gasteiger partial charge in [-0.1, -0.05) is 6.92 Å². The quantitative estimate of drug-likeness (QED) is 0.688. The fourth-order valence-electron chi connectivity index (χ4n) is 1.50. The van der Waals surface area contributed by atoms with E-state index in [4.69, 9.17) is 10.5 Å². The van der Waals surface area contributed by atoms with Crippen molar-refractivity contribution in [1.82, 2.24) is 0 Å². The number of ether oxygens (including phenoxy) is 1. The summed E-state index contributed by atoms with van der Waals surface area (Å²) in [5.41, 5.74) is 6.17. The predicted molar refractivity (Wildman–Crippen MR) is 58.8 cm³/mol. The molecule has 0 bridgehead atoms. The number of hydrogen-bond donors (Lipinski definition) is 2. The molecule has 1 aliphatic rings. The van der Waals surface area contributed by atoms with Crippen LogP contribution in [0.25, 0.3) is 0 Å². The summed E-state index contributed by atoms with van der Waals surface area (Å²) in [7, 11) is 0. The molecule has 1 aromatic rings. The summed E-state index contributed by atoms with van der Waals surface area (Å²) in [5, 5.41) is 2.81. The molecule has 0 fully saturated rings. The van der Waals surface area contributed by atoms with Crippen molar-refractivity contribution in [2.45, 2.75) is 25.9 Å². The molecule has 1 atom stereocenters. The summed E-state index contributed by atoms with van der Waals surface area (Å²) in [5.74, 6) is 0.529. The molecule has 0 saturated heterocycles. The molecular formula is C11H14N2O2. The molecule has 0 radical (unpaired) electrons. The minimum absolute atomic E-state index is 0.109. The number of benzene rings is 1. The predicted octanol–water partition coefficient (Wildman–Crippen LogP) is 1.77. The van der Waals surface area contributed by atoms with Gasteiger partial charge in [-0.25, -0.2) is 0 Å². The molecule has 1 aliphatic heterocycles. The van der Waals surface area contributed by atoms with E-state index in [1.165, 1.54) is 0 Å². The Labute approximate surface area is 88.4 Å². The van der Waals surface area contributed by atoms with E-state index in [1.807, 2.05) is 6.92 Å². The van der Waals surface area contributed by atoms with Crippen LogP contribution in [0.3, 0.4) is 0 Å². The van der Waals surface area contributed by atoms with E-state index in [-0.39, 0.29) is 5.91 Å². The molecular weight excluding hydrogens is 192 g/mol.